The third-order valence-electron chi connectivity index (χ3n) is 4.52. The van der Waals surface area contributed by atoms with Gasteiger partial charge in [0.15, 0.2) is 5.78 Å². The van der Waals surface area contributed by atoms with E-state index in [-0.39, 0.29) is 18.1 Å². The molecular formula is C23H20ClN3O2. The second kappa shape index (κ2) is 9.26. The minimum Gasteiger partial charge on any atom is -0.322 e. The van der Waals surface area contributed by atoms with Crippen molar-refractivity contribution in [2.24, 2.45) is 0 Å². The Morgan fingerprint density at radius 2 is 1.83 bits per heavy atom. The average molecular weight is 406 g/mol. The lowest BCUT2D eigenvalue weighted by atomic mass is 9.98. The van der Waals surface area contributed by atoms with Crippen molar-refractivity contribution in [3.63, 3.8) is 0 Å². The minimum absolute atomic E-state index is 0.0614. The highest BCUT2D eigenvalue weighted by Gasteiger charge is 2.13. The Balaban J connectivity index is 1.74. The summed E-state index contributed by atoms with van der Waals surface area (Å²) >= 11 is 6.25. The molecule has 1 heterocycles. The summed E-state index contributed by atoms with van der Waals surface area (Å²) in [7, 11) is 0. The van der Waals surface area contributed by atoms with Gasteiger partial charge in [0.1, 0.15) is 6.33 Å². The molecule has 0 radical (unpaired) electrons. The summed E-state index contributed by atoms with van der Waals surface area (Å²) in [5.41, 5.74) is 4.48. The third-order valence-corrected chi connectivity index (χ3v) is 4.87. The normalized spacial score (nSPS) is 10.9. The number of anilines is 1. The van der Waals surface area contributed by atoms with Crippen molar-refractivity contribution >= 4 is 35.1 Å². The Morgan fingerprint density at radius 1 is 1.07 bits per heavy atom. The van der Waals surface area contributed by atoms with Gasteiger partial charge in [0, 0.05) is 46.7 Å². The lowest BCUT2D eigenvalue weighted by Crippen LogP contribution is -2.11. The van der Waals surface area contributed by atoms with Gasteiger partial charge in [-0.3, -0.25) is 9.59 Å². The summed E-state index contributed by atoms with van der Waals surface area (Å²) in [4.78, 5) is 32.8. The summed E-state index contributed by atoms with van der Waals surface area (Å²) in [6.07, 6.45) is 7.87. The molecule has 3 rings (SSSR count). The molecule has 6 heteroatoms. The van der Waals surface area contributed by atoms with Gasteiger partial charge in [-0.15, -0.1) is 0 Å². The Kier molecular flexibility index (Phi) is 6.52. The Labute approximate surface area is 174 Å². The van der Waals surface area contributed by atoms with Gasteiger partial charge in [-0.05, 0) is 48.7 Å². The van der Waals surface area contributed by atoms with Crippen molar-refractivity contribution in [3.05, 3.63) is 94.0 Å². The van der Waals surface area contributed by atoms with Gasteiger partial charge < -0.3 is 5.32 Å². The van der Waals surface area contributed by atoms with E-state index in [9.17, 15) is 9.59 Å². The van der Waals surface area contributed by atoms with Crippen LogP contribution in [0.3, 0.4) is 0 Å². The zero-order valence-corrected chi connectivity index (χ0v) is 16.9. The predicted octanol–water partition coefficient (Wildman–Crippen LogP) is 4.82. The fraction of sp³-hybridized carbons (Fsp3) is 0.130. The van der Waals surface area contributed by atoms with Crippen LogP contribution in [0.4, 0.5) is 5.69 Å². The first-order valence-electron chi connectivity index (χ1n) is 9.06. The smallest absolute Gasteiger partial charge is 0.248 e. The largest absolute Gasteiger partial charge is 0.322 e. The molecule has 0 spiro atoms. The second-order valence-corrected chi connectivity index (χ2v) is 7.07. The minimum atomic E-state index is -0.302. The number of hydrogen-bond donors (Lipinski definition) is 1. The third kappa shape index (κ3) is 5.36. The Bertz CT molecular complexity index is 1060. The molecule has 0 fully saturated rings. The van der Waals surface area contributed by atoms with Gasteiger partial charge >= 0.3 is 0 Å². The first-order chi connectivity index (χ1) is 13.9. The number of halogens is 1. The topological polar surface area (TPSA) is 72.0 Å². The average Bonchev–Trinajstić information content (AvgIpc) is 2.71. The summed E-state index contributed by atoms with van der Waals surface area (Å²) < 4.78 is 0. The number of carbonyl (C=O) groups excluding carboxylic acids is 2. The molecule has 1 amide bonds. The zero-order chi connectivity index (χ0) is 20.8. The number of benzene rings is 2. The van der Waals surface area contributed by atoms with Crippen molar-refractivity contribution in [2.75, 3.05) is 5.32 Å². The molecule has 5 nitrogen and oxygen atoms in total. The standard InChI is InChI=1S/C23H20ClN3O2/c1-15-4-3-5-20(24)19(15)11-22(28)18-8-6-16(2)21(10-18)27-23(29)9-7-17-12-25-14-26-13-17/h3-10,12-14H,11H2,1-2H3,(H,27,29)/b9-7+. The lowest BCUT2D eigenvalue weighted by Gasteiger charge is -2.11. The van der Waals surface area contributed by atoms with Gasteiger partial charge in [0.2, 0.25) is 5.91 Å². The lowest BCUT2D eigenvalue weighted by molar-refractivity contribution is -0.111. The molecule has 0 saturated heterocycles. The summed E-state index contributed by atoms with van der Waals surface area (Å²) in [6.45, 7) is 3.80. The molecule has 0 unspecified atom stereocenters. The molecule has 0 aliphatic rings. The van der Waals surface area contributed by atoms with Crippen molar-refractivity contribution in [1.29, 1.82) is 0 Å². The number of carbonyl (C=O) groups is 2. The predicted molar refractivity (Wildman–Crippen MR) is 115 cm³/mol. The fourth-order valence-corrected chi connectivity index (χ4v) is 3.11. The quantitative estimate of drug-likeness (QED) is 0.471. The highest BCUT2D eigenvalue weighted by molar-refractivity contribution is 6.31. The SMILES string of the molecule is Cc1ccc(C(=O)Cc2c(C)cccc2Cl)cc1NC(=O)/C=C/c1cncnc1. The maximum Gasteiger partial charge on any atom is 0.248 e. The van der Waals surface area contributed by atoms with Crippen molar-refractivity contribution < 1.29 is 9.59 Å². The number of ketones is 1. The molecule has 0 bridgehead atoms. The summed E-state index contributed by atoms with van der Waals surface area (Å²) in [6, 6.07) is 10.8. The monoisotopic (exact) mass is 405 g/mol. The molecule has 146 valence electrons. The van der Waals surface area contributed by atoms with Crippen molar-refractivity contribution in [1.82, 2.24) is 9.97 Å². The van der Waals surface area contributed by atoms with E-state index in [4.69, 9.17) is 11.6 Å². The van der Waals surface area contributed by atoms with E-state index in [1.807, 2.05) is 32.0 Å². The number of aromatic nitrogens is 2. The van der Waals surface area contributed by atoms with E-state index in [0.29, 0.717) is 16.3 Å². The van der Waals surface area contributed by atoms with Crippen LogP contribution in [0, 0.1) is 13.8 Å². The molecule has 1 aromatic heterocycles. The van der Waals surface area contributed by atoms with Crippen molar-refractivity contribution in [3.8, 4) is 0 Å². The number of hydrogen-bond acceptors (Lipinski definition) is 4. The number of amides is 1. The Morgan fingerprint density at radius 3 is 2.55 bits per heavy atom. The van der Waals surface area contributed by atoms with Crippen LogP contribution in [0.2, 0.25) is 5.02 Å². The second-order valence-electron chi connectivity index (χ2n) is 6.66. The molecule has 3 aromatic rings. The van der Waals surface area contributed by atoms with Crippen LogP contribution in [0.1, 0.15) is 32.6 Å². The zero-order valence-electron chi connectivity index (χ0n) is 16.1. The fourth-order valence-electron chi connectivity index (χ4n) is 2.83. The Hall–Kier alpha value is -3.31. The van der Waals surface area contributed by atoms with Crippen LogP contribution < -0.4 is 5.32 Å². The van der Waals surface area contributed by atoms with Crippen LogP contribution >= 0.6 is 11.6 Å². The number of Topliss-reactive ketones (excluding diaryl/α,β-unsaturated/α-hetero) is 1. The molecule has 0 saturated carbocycles. The van der Waals surface area contributed by atoms with Gasteiger partial charge in [-0.1, -0.05) is 35.9 Å². The molecule has 1 N–H and O–H groups in total. The van der Waals surface area contributed by atoms with Gasteiger partial charge in [0.25, 0.3) is 0 Å². The van der Waals surface area contributed by atoms with E-state index >= 15 is 0 Å². The van der Waals surface area contributed by atoms with E-state index in [2.05, 4.69) is 15.3 Å². The van der Waals surface area contributed by atoms with Crippen LogP contribution in [0.25, 0.3) is 6.08 Å². The van der Waals surface area contributed by atoms with Crippen LogP contribution in [0.15, 0.2) is 61.2 Å². The van der Waals surface area contributed by atoms with E-state index in [1.54, 1.807) is 36.7 Å². The molecular weight excluding hydrogens is 386 g/mol. The highest BCUT2D eigenvalue weighted by atomic mass is 35.5. The number of nitrogens with one attached hydrogen (secondary N) is 1. The molecule has 29 heavy (non-hydrogen) atoms. The van der Waals surface area contributed by atoms with Gasteiger partial charge in [-0.2, -0.15) is 0 Å². The van der Waals surface area contributed by atoms with E-state index in [1.165, 1.54) is 12.4 Å². The summed E-state index contributed by atoms with van der Waals surface area (Å²) in [5.74, 6) is -0.364. The maximum absolute atomic E-state index is 12.8. The maximum atomic E-state index is 12.8. The van der Waals surface area contributed by atoms with E-state index < -0.39 is 0 Å². The van der Waals surface area contributed by atoms with Gasteiger partial charge in [-0.25, -0.2) is 9.97 Å². The van der Waals surface area contributed by atoms with Crippen molar-refractivity contribution in [2.45, 2.75) is 20.3 Å². The summed E-state index contributed by atoms with van der Waals surface area (Å²) in [5, 5.41) is 3.40. The number of nitrogens with zero attached hydrogens (tertiary/aromatic N) is 2. The van der Waals surface area contributed by atoms with Gasteiger partial charge in [0.05, 0.1) is 0 Å². The first-order valence-corrected chi connectivity index (χ1v) is 9.44. The molecule has 0 aliphatic carbocycles. The molecule has 0 aliphatic heterocycles. The molecule has 0 atom stereocenters. The number of aryl methyl sites for hydroxylation is 2. The van der Waals surface area contributed by atoms with E-state index in [0.717, 1.165) is 22.3 Å². The van der Waals surface area contributed by atoms with Crippen LogP contribution in [-0.4, -0.2) is 21.7 Å². The highest BCUT2D eigenvalue weighted by Crippen LogP contribution is 2.23. The number of rotatable bonds is 6. The van der Waals surface area contributed by atoms with Crippen LogP contribution in [-0.2, 0) is 11.2 Å². The first kappa shape index (κ1) is 20.4. The molecule has 2 aromatic carbocycles. The van der Waals surface area contributed by atoms with Crippen LogP contribution in [0.5, 0.6) is 0 Å².